The highest BCUT2D eigenvalue weighted by Crippen LogP contribution is 1.92. The number of urea groups is 1. The fourth-order valence-corrected chi connectivity index (χ4v) is 0.758. The summed E-state index contributed by atoms with van der Waals surface area (Å²) < 4.78 is 1.19. The van der Waals surface area contributed by atoms with Crippen molar-refractivity contribution in [3.63, 3.8) is 0 Å². The molecular formula is C6H8N4O2. The first-order valence-electron chi connectivity index (χ1n) is 3.22. The van der Waals surface area contributed by atoms with Gasteiger partial charge in [-0.15, -0.1) is 0 Å². The number of hydrogen-bond donors (Lipinski definition) is 2. The molecule has 64 valence electrons. The third-order valence-electron chi connectivity index (χ3n) is 1.27. The van der Waals surface area contributed by atoms with Crippen molar-refractivity contribution in [1.29, 1.82) is 0 Å². The number of hydrogen-bond acceptors (Lipinski definition) is 3. The Bertz CT molecular complexity index is 317. The molecule has 0 aliphatic heterocycles. The number of nitrogens with one attached hydrogen (secondary N) is 1. The van der Waals surface area contributed by atoms with Gasteiger partial charge in [-0.3, -0.25) is 9.88 Å². The Morgan fingerprint density at radius 2 is 2.33 bits per heavy atom. The van der Waals surface area contributed by atoms with Gasteiger partial charge in [0, 0.05) is 12.4 Å². The Hall–Kier alpha value is -1.85. The zero-order chi connectivity index (χ0) is 9.14. The molecule has 3 amide bonds. The molecule has 3 N–H and O–H groups in total. The Morgan fingerprint density at radius 1 is 1.67 bits per heavy atom. The Balaban J connectivity index is 2.78. The summed E-state index contributed by atoms with van der Waals surface area (Å²) in [6.07, 6.45) is 2.89. The van der Waals surface area contributed by atoms with Gasteiger partial charge in [0.25, 0.3) is 0 Å². The fourth-order valence-electron chi connectivity index (χ4n) is 0.758. The van der Waals surface area contributed by atoms with Crippen molar-refractivity contribution in [3.8, 4) is 0 Å². The Kier molecular flexibility index (Phi) is 2.09. The van der Waals surface area contributed by atoms with E-state index in [0.717, 1.165) is 0 Å². The van der Waals surface area contributed by atoms with Crippen LogP contribution in [0.25, 0.3) is 0 Å². The van der Waals surface area contributed by atoms with Crippen molar-refractivity contribution in [1.82, 2.24) is 14.9 Å². The molecule has 6 heteroatoms. The first kappa shape index (κ1) is 8.25. The molecule has 1 rings (SSSR count). The van der Waals surface area contributed by atoms with Gasteiger partial charge in [0.2, 0.25) is 0 Å². The lowest BCUT2D eigenvalue weighted by atomic mass is 10.7. The lowest BCUT2D eigenvalue weighted by molar-refractivity contribution is 0.232. The molecule has 0 radical (unpaired) electrons. The minimum Gasteiger partial charge on any atom is -0.351 e. The number of aromatic nitrogens is 2. The molecule has 1 aromatic rings. The van der Waals surface area contributed by atoms with E-state index in [1.165, 1.54) is 17.0 Å². The van der Waals surface area contributed by atoms with Crippen LogP contribution in [0.2, 0.25) is 0 Å². The molecule has 0 fully saturated rings. The minimum atomic E-state index is -0.881. The SMILES string of the molecule is Cc1nccn1C(=O)NC(N)=O. The number of imidazole rings is 1. The van der Waals surface area contributed by atoms with Gasteiger partial charge < -0.3 is 5.73 Å². The number of imide groups is 1. The van der Waals surface area contributed by atoms with Gasteiger partial charge in [0.05, 0.1) is 0 Å². The molecule has 0 saturated carbocycles. The first-order chi connectivity index (χ1) is 5.61. The lowest BCUT2D eigenvalue weighted by Gasteiger charge is -2.01. The topological polar surface area (TPSA) is 90.0 Å². The van der Waals surface area contributed by atoms with Crippen LogP contribution in [0.5, 0.6) is 0 Å². The summed E-state index contributed by atoms with van der Waals surface area (Å²) in [5, 5.41) is 1.91. The molecule has 0 aliphatic rings. The number of nitrogens with zero attached hydrogens (tertiary/aromatic N) is 2. The van der Waals surface area contributed by atoms with Gasteiger partial charge in [-0.2, -0.15) is 0 Å². The Morgan fingerprint density at radius 3 is 2.75 bits per heavy atom. The van der Waals surface area contributed by atoms with Crippen LogP contribution in [0.15, 0.2) is 12.4 Å². The van der Waals surface area contributed by atoms with Gasteiger partial charge in [-0.25, -0.2) is 14.6 Å². The number of rotatable bonds is 0. The average molecular weight is 168 g/mol. The highest BCUT2D eigenvalue weighted by Gasteiger charge is 2.07. The average Bonchev–Trinajstić information content (AvgIpc) is 2.33. The summed E-state index contributed by atoms with van der Waals surface area (Å²) in [5.74, 6) is 0.494. The monoisotopic (exact) mass is 168 g/mol. The molecule has 0 saturated heterocycles. The van der Waals surface area contributed by atoms with Gasteiger partial charge in [0.1, 0.15) is 5.82 Å². The molecule has 0 aliphatic carbocycles. The van der Waals surface area contributed by atoms with E-state index in [4.69, 9.17) is 5.73 Å². The van der Waals surface area contributed by atoms with Crippen LogP contribution in [-0.4, -0.2) is 21.6 Å². The summed E-state index contributed by atoms with van der Waals surface area (Å²) in [6, 6.07) is -1.48. The molecule has 0 atom stereocenters. The van der Waals surface area contributed by atoms with E-state index in [2.05, 4.69) is 4.98 Å². The third kappa shape index (κ3) is 1.60. The quantitative estimate of drug-likeness (QED) is 0.563. The van der Waals surface area contributed by atoms with Crippen LogP contribution in [0.4, 0.5) is 9.59 Å². The second-order valence-electron chi connectivity index (χ2n) is 2.14. The van der Waals surface area contributed by atoms with E-state index < -0.39 is 12.1 Å². The van der Waals surface area contributed by atoms with E-state index in [9.17, 15) is 9.59 Å². The van der Waals surface area contributed by atoms with E-state index in [1.54, 1.807) is 6.92 Å². The maximum atomic E-state index is 11.0. The predicted octanol–water partition coefficient (Wildman–Crippen LogP) is -0.172. The lowest BCUT2D eigenvalue weighted by Crippen LogP contribution is -2.38. The van der Waals surface area contributed by atoms with Crippen LogP contribution < -0.4 is 11.1 Å². The van der Waals surface area contributed by atoms with Crippen molar-refractivity contribution in [3.05, 3.63) is 18.2 Å². The molecule has 0 unspecified atom stereocenters. The Labute approximate surface area is 68.4 Å². The second kappa shape index (κ2) is 3.04. The summed E-state index contributed by atoms with van der Waals surface area (Å²) in [7, 11) is 0. The van der Waals surface area contributed by atoms with Crippen molar-refractivity contribution < 1.29 is 9.59 Å². The predicted molar refractivity (Wildman–Crippen MR) is 40.5 cm³/mol. The van der Waals surface area contributed by atoms with E-state index >= 15 is 0 Å². The van der Waals surface area contributed by atoms with Crippen molar-refractivity contribution in [2.75, 3.05) is 0 Å². The number of amides is 3. The summed E-state index contributed by atoms with van der Waals surface area (Å²) in [5.41, 5.74) is 4.74. The normalized spacial score (nSPS) is 9.42. The minimum absolute atomic E-state index is 0.494. The maximum Gasteiger partial charge on any atom is 0.335 e. The molecule has 0 aromatic carbocycles. The van der Waals surface area contributed by atoms with Gasteiger partial charge >= 0.3 is 12.1 Å². The molecular weight excluding hydrogens is 160 g/mol. The molecule has 1 aromatic heterocycles. The summed E-state index contributed by atoms with van der Waals surface area (Å²) in [6.45, 7) is 1.64. The number of carbonyl (C=O) groups is 2. The number of primary amides is 1. The van der Waals surface area contributed by atoms with Crippen molar-refractivity contribution in [2.24, 2.45) is 5.73 Å². The van der Waals surface area contributed by atoms with Crippen LogP contribution in [0.3, 0.4) is 0 Å². The largest absolute Gasteiger partial charge is 0.351 e. The van der Waals surface area contributed by atoms with Crippen molar-refractivity contribution >= 4 is 12.1 Å². The van der Waals surface area contributed by atoms with Crippen LogP contribution >= 0.6 is 0 Å². The molecule has 0 bridgehead atoms. The second-order valence-corrected chi connectivity index (χ2v) is 2.14. The van der Waals surface area contributed by atoms with Gasteiger partial charge in [0.15, 0.2) is 0 Å². The smallest absolute Gasteiger partial charge is 0.335 e. The molecule has 6 nitrogen and oxygen atoms in total. The van der Waals surface area contributed by atoms with E-state index in [-0.39, 0.29) is 0 Å². The highest BCUT2D eigenvalue weighted by atomic mass is 16.2. The number of aryl methyl sites for hydroxylation is 1. The fraction of sp³-hybridized carbons (Fsp3) is 0.167. The van der Waals surface area contributed by atoms with Gasteiger partial charge in [-0.05, 0) is 6.92 Å². The first-order valence-corrected chi connectivity index (χ1v) is 3.22. The maximum absolute atomic E-state index is 11.0. The number of carbonyl (C=O) groups excluding carboxylic acids is 2. The van der Waals surface area contributed by atoms with Crippen LogP contribution in [-0.2, 0) is 0 Å². The molecule has 1 heterocycles. The van der Waals surface area contributed by atoms with Crippen LogP contribution in [0, 0.1) is 6.92 Å². The van der Waals surface area contributed by atoms with Gasteiger partial charge in [-0.1, -0.05) is 0 Å². The van der Waals surface area contributed by atoms with Crippen LogP contribution in [0.1, 0.15) is 5.82 Å². The summed E-state index contributed by atoms with van der Waals surface area (Å²) in [4.78, 5) is 25.1. The third-order valence-corrected chi connectivity index (χ3v) is 1.27. The zero-order valence-electron chi connectivity index (χ0n) is 6.44. The molecule has 0 spiro atoms. The molecule has 12 heavy (non-hydrogen) atoms. The van der Waals surface area contributed by atoms with Crippen molar-refractivity contribution in [2.45, 2.75) is 6.92 Å². The zero-order valence-corrected chi connectivity index (χ0v) is 6.44. The van der Waals surface area contributed by atoms with E-state index in [1.807, 2.05) is 5.32 Å². The summed E-state index contributed by atoms with van der Waals surface area (Å²) >= 11 is 0. The standard InChI is InChI=1S/C6H8N4O2/c1-4-8-2-3-10(4)6(12)9-5(7)11/h2-3H,1H3,(H3,7,9,11,12). The van der Waals surface area contributed by atoms with E-state index in [0.29, 0.717) is 5.82 Å². The number of nitrogens with two attached hydrogens (primary N) is 1. The highest BCUT2D eigenvalue weighted by molar-refractivity contribution is 5.93.